The second kappa shape index (κ2) is 5.78. The van der Waals surface area contributed by atoms with Gasteiger partial charge in [-0.25, -0.2) is 4.39 Å². The Morgan fingerprint density at radius 2 is 1.37 bits per heavy atom. The number of halogens is 1. The van der Waals surface area contributed by atoms with Gasteiger partial charge in [-0.05, 0) is 18.2 Å². The highest BCUT2D eigenvalue weighted by Crippen LogP contribution is 2.10. The molecule has 0 unspecified atom stereocenters. The van der Waals surface area contributed by atoms with Gasteiger partial charge in [-0.2, -0.15) is 0 Å². The molecule has 0 fully saturated rings. The third-order valence-electron chi connectivity index (χ3n) is 2.12. The summed E-state index contributed by atoms with van der Waals surface area (Å²) in [6.07, 6.45) is 0. The highest BCUT2D eigenvalue weighted by molar-refractivity contribution is 6.84. The molecule has 0 N–H and O–H groups in total. The normalized spacial score (nSPS) is 11.1. The maximum absolute atomic E-state index is 13.9. The lowest BCUT2D eigenvalue weighted by Crippen LogP contribution is -2.16. The van der Waals surface area contributed by atoms with Gasteiger partial charge in [0.1, 0.15) is 22.0 Å². The summed E-state index contributed by atoms with van der Waals surface area (Å²) in [5.74, 6) is 5.74. The van der Waals surface area contributed by atoms with Crippen LogP contribution in [0.4, 0.5) is 4.39 Å². The molecule has 0 aliphatic rings. The van der Waals surface area contributed by atoms with Gasteiger partial charge in [0.2, 0.25) is 0 Å². The predicted molar refractivity (Wildman–Crippen MR) is 86.8 cm³/mol. The zero-order valence-electron chi connectivity index (χ0n) is 12.6. The van der Waals surface area contributed by atoms with E-state index in [2.05, 4.69) is 62.2 Å². The fourth-order valence-electron chi connectivity index (χ4n) is 1.21. The molecule has 0 nitrogen and oxygen atoms in total. The minimum absolute atomic E-state index is 0.270. The lowest BCUT2D eigenvalue weighted by atomic mass is 10.1. The fraction of sp³-hybridized carbons (Fsp3) is 0.375. The van der Waals surface area contributed by atoms with E-state index in [4.69, 9.17) is 0 Å². The van der Waals surface area contributed by atoms with E-state index in [0.717, 1.165) is 5.56 Å². The van der Waals surface area contributed by atoms with E-state index in [0.29, 0.717) is 5.56 Å². The van der Waals surface area contributed by atoms with Crippen LogP contribution in [0.25, 0.3) is 0 Å². The minimum atomic E-state index is -1.47. The van der Waals surface area contributed by atoms with E-state index in [1.165, 1.54) is 6.07 Å². The molecule has 1 aromatic carbocycles. The van der Waals surface area contributed by atoms with Crippen LogP contribution in [0.15, 0.2) is 18.2 Å². The molecule has 1 aromatic rings. The fourth-order valence-corrected chi connectivity index (χ4v) is 2.24. The van der Waals surface area contributed by atoms with Gasteiger partial charge in [0.15, 0.2) is 0 Å². The molecule has 0 atom stereocenters. The maximum atomic E-state index is 13.9. The van der Waals surface area contributed by atoms with Crippen molar-refractivity contribution in [3.05, 3.63) is 35.1 Å². The summed E-state index contributed by atoms with van der Waals surface area (Å²) in [4.78, 5) is 0. The summed E-state index contributed by atoms with van der Waals surface area (Å²) in [7, 11) is -2.88. The zero-order valence-corrected chi connectivity index (χ0v) is 14.6. The molecular weight excluding hydrogens is 267 g/mol. The van der Waals surface area contributed by atoms with Crippen molar-refractivity contribution in [2.24, 2.45) is 0 Å². The first-order valence-corrected chi connectivity index (χ1v) is 13.4. The van der Waals surface area contributed by atoms with Crippen LogP contribution in [0.3, 0.4) is 0 Å². The molecule has 0 radical (unpaired) electrons. The van der Waals surface area contributed by atoms with Crippen molar-refractivity contribution in [1.29, 1.82) is 0 Å². The second-order valence-corrected chi connectivity index (χ2v) is 16.2. The van der Waals surface area contributed by atoms with Gasteiger partial charge in [0.05, 0.1) is 5.56 Å². The van der Waals surface area contributed by atoms with Gasteiger partial charge in [0.25, 0.3) is 0 Å². The maximum Gasteiger partial charge on any atom is 0.140 e. The quantitative estimate of drug-likeness (QED) is 0.494. The first kappa shape index (κ1) is 15.8. The largest absolute Gasteiger partial charge is 0.206 e. The lowest BCUT2D eigenvalue weighted by molar-refractivity contribution is 0.624. The first-order valence-electron chi connectivity index (χ1n) is 6.43. The second-order valence-electron chi connectivity index (χ2n) is 6.69. The molecule has 100 valence electrons. The third kappa shape index (κ3) is 6.43. The van der Waals surface area contributed by atoms with E-state index in [1.54, 1.807) is 6.07 Å². The van der Waals surface area contributed by atoms with Crippen LogP contribution in [0.5, 0.6) is 0 Å². The van der Waals surface area contributed by atoms with Gasteiger partial charge in [0, 0.05) is 5.56 Å². The van der Waals surface area contributed by atoms with Crippen LogP contribution in [0.2, 0.25) is 39.3 Å². The van der Waals surface area contributed by atoms with E-state index >= 15 is 0 Å². The van der Waals surface area contributed by atoms with Crippen molar-refractivity contribution in [2.75, 3.05) is 0 Å². The van der Waals surface area contributed by atoms with Crippen LogP contribution in [-0.2, 0) is 0 Å². The SMILES string of the molecule is C[Si](C)(C)C#Cc1ccc(C#C[Si](C)(C)C)c(F)c1. The molecule has 0 heterocycles. The average Bonchev–Trinajstić information content (AvgIpc) is 2.22. The molecule has 19 heavy (non-hydrogen) atoms. The molecule has 0 aliphatic carbocycles. The van der Waals surface area contributed by atoms with Gasteiger partial charge < -0.3 is 0 Å². The van der Waals surface area contributed by atoms with Crippen LogP contribution >= 0.6 is 0 Å². The van der Waals surface area contributed by atoms with Gasteiger partial charge in [-0.3, -0.25) is 0 Å². The Hall–Kier alpha value is -1.30. The molecule has 3 heteroatoms. The number of hydrogen-bond donors (Lipinski definition) is 0. The molecular formula is C16H21FSi2. The molecule has 0 saturated carbocycles. The average molecular weight is 289 g/mol. The summed E-state index contributed by atoms with van der Waals surface area (Å²) >= 11 is 0. The van der Waals surface area contributed by atoms with E-state index in [1.807, 2.05) is 6.07 Å². The number of rotatable bonds is 0. The van der Waals surface area contributed by atoms with Crippen molar-refractivity contribution in [3.8, 4) is 22.9 Å². The predicted octanol–water partition coefficient (Wildman–Crippen LogP) is 4.28. The summed E-state index contributed by atoms with van der Waals surface area (Å²) in [6, 6.07) is 5.07. The molecule has 0 bridgehead atoms. The topological polar surface area (TPSA) is 0 Å². The third-order valence-corrected chi connectivity index (χ3v) is 3.87. The monoisotopic (exact) mass is 288 g/mol. The molecule has 0 aliphatic heterocycles. The Morgan fingerprint density at radius 1 is 0.842 bits per heavy atom. The van der Waals surface area contributed by atoms with Crippen LogP contribution in [0, 0.1) is 28.7 Å². The van der Waals surface area contributed by atoms with Crippen LogP contribution < -0.4 is 0 Å². The van der Waals surface area contributed by atoms with Gasteiger partial charge in [-0.1, -0.05) is 51.1 Å². The lowest BCUT2D eigenvalue weighted by Gasteiger charge is -2.04. The highest BCUT2D eigenvalue weighted by Gasteiger charge is 2.09. The standard InChI is InChI=1S/C16H21FSi2/c1-18(2,3)11-9-14-7-8-15(16(17)13-14)10-12-19(4,5)6/h7-8,13H,1-6H3. The molecule has 0 amide bonds. The Bertz CT molecular complexity index is 582. The summed E-state index contributed by atoms with van der Waals surface area (Å²) in [5, 5.41) is 0. The van der Waals surface area contributed by atoms with Crippen LogP contribution in [0.1, 0.15) is 11.1 Å². The van der Waals surface area contributed by atoms with E-state index in [9.17, 15) is 4.39 Å². The van der Waals surface area contributed by atoms with Crippen molar-refractivity contribution >= 4 is 16.1 Å². The molecule has 0 aromatic heterocycles. The first-order chi connectivity index (χ1) is 8.57. The van der Waals surface area contributed by atoms with Crippen molar-refractivity contribution in [3.63, 3.8) is 0 Å². The van der Waals surface area contributed by atoms with Gasteiger partial charge in [-0.15, -0.1) is 11.1 Å². The van der Waals surface area contributed by atoms with Crippen molar-refractivity contribution in [1.82, 2.24) is 0 Å². The number of hydrogen-bond acceptors (Lipinski definition) is 0. The highest BCUT2D eigenvalue weighted by atomic mass is 28.3. The Balaban J connectivity index is 3.04. The smallest absolute Gasteiger partial charge is 0.140 e. The van der Waals surface area contributed by atoms with E-state index in [-0.39, 0.29) is 5.82 Å². The van der Waals surface area contributed by atoms with Crippen molar-refractivity contribution < 1.29 is 4.39 Å². The Labute approximate surface area is 118 Å². The van der Waals surface area contributed by atoms with E-state index < -0.39 is 16.1 Å². The molecule has 0 saturated heterocycles. The molecule has 1 rings (SSSR count). The summed E-state index contributed by atoms with van der Waals surface area (Å²) in [6.45, 7) is 12.9. The Kier molecular flexibility index (Phi) is 4.79. The summed E-state index contributed by atoms with van der Waals surface area (Å²) < 4.78 is 13.9. The van der Waals surface area contributed by atoms with Crippen LogP contribution in [-0.4, -0.2) is 16.1 Å². The minimum Gasteiger partial charge on any atom is -0.206 e. The zero-order chi connectivity index (χ0) is 14.7. The van der Waals surface area contributed by atoms with Gasteiger partial charge >= 0.3 is 0 Å². The summed E-state index contributed by atoms with van der Waals surface area (Å²) in [5.41, 5.74) is 7.62. The van der Waals surface area contributed by atoms with Crippen molar-refractivity contribution in [2.45, 2.75) is 39.3 Å². The Morgan fingerprint density at radius 3 is 1.84 bits per heavy atom. The number of benzene rings is 1. The molecule has 0 spiro atoms.